The third-order valence-corrected chi connectivity index (χ3v) is 5.50. The lowest BCUT2D eigenvalue weighted by Crippen LogP contribution is -2.33. The number of hydrogen-bond acceptors (Lipinski definition) is 4. The van der Waals surface area contributed by atoms with Crippen LogP contribution >= 0.6 is 0 Å². The molecule has 1 N–H and O–H groups in total. The number of hydrogen-bond donors (Lipinski definition) is 1. The van der Waals surface area contributed by atoms with Gasteiger partial charge in [-0.25, -0.2) is 13.5 Å². The molecule has 146 valence electrons. The number of aromatic nitrogens is 3. The van der Waals surface area contributed by atoms with Gasteiger partial charge >= 0.3 is 0 Å². The lowest BCUT2D eigenvalue weighted by Gasteiger charge is -2.35. The normalized spacial score (nSPS) is 20.9. The smallest absolute Gasteiger partial charge is 0.226 e. The summed E-state index contributed by atoms with van der Waals surface area (Å²) in [6.07, 6.45) is 0.952. The van der Waals surface area contributed by atoms with E-state index in [1.54, 1.807) is 11.6 Å². The quantitative estimate of drug-likeness (QED) is 0.707. The zero-order chi connectivity index (χ0) is 20.1. The second-order valence-corrected chi connectivity index (χ2v) is 7.49. The number of halogens is 2. The van der Waals surface area contributed by atoms with Gasteiger partial charge in [-0.1, -0.05) is 30.3 Å². The van der Waals surface area contributed by atoms with Crippen molar-refractivity contribution < 1.29 is 13.6 Å². The molecule has 0 bridgehead atoms. The lowest BCUT2D eigenvalue weighted by molar-refractivity contribution is -0.116. The highest BCUT2D eigenvalue weighted by atomic mass is 19.1. The van der Waals surface area contributed by atoms with Gasteiger partial charge in [-0.3, -0.25) is 4.79 Å². The highest BCUT2D eigenvalue weighted by Crippen LogP contribution is 2.44. The Kier molecular flexibility index (Phi) is 4.04. The molecule has 3 aromatic rings. The van der Waals surface area contributed by atoms with E-state index in [2.05, 4.69) is 15.4 Å². The Morgan fingerprint density at radius 3 is 2.48 bits per heavy atom. The van der Waals surface area contributed by atoms with Crippen LogP contribution in [0.15, 0.2) is 59.8 Å². The number of Topliss-reactive ketones (excluding diaryl/α,β-unsaturated/α-hetero) is 1. The van der Waals surface area contributed by atoms with Crippen LogP contribution in [0.5, 0.6) is 0 Å². The van der Waals surface area contributed by atoms with Crippen LogP contribution in [-0.2, 0) is 4.79 Å². The molecule has 7 heteroatoms. The maximum Gasteiger partial charge on any atom is 0.226 e. The second kappa shape index (κ2) is 6.62. The summed E-state index contributed by atoms with van der Waals surface area (Å²) >= 11 is 0. The van der Waals surface area contributed by atoms with Gasteiger partial charge in [-0.2, -0.15) is 10.1 Å². The molecule has 1 aromatic heterocycles. The molecule has 1 aliphatic carbocycles. The zero-order valence-corrected chi connectivity index (χ0v) is 15.7. The number of aryl methyl sites for hydroxylation is 1. The van der Waals surface area contributed by atoms with Gasteiger partial charge in [0.05, 0.1) is 0 Å². The number of fused-ring (bicyclic) bond motifs is 1. The summed E-state index contributed by atoms with van der Waals surface area (Å²) in [5, 5.41) is 7.62. The van der Waals surface area contributed by atoms with E-state index >= 15 is 0 Å². The molecule has 1 aliphatic heterocycles. The maximum absolute atomic E-state index is 14.0. The number of ketones is 1. The van der Waals surface area contributed by atoms with Gasteiger partial charge in [0, 0.05) is 23.8 Å². The average molecular weight is 392 g/mol. The molecule has 29 heavy (non-hydrogen) atoms. The molecule has 0 amide bonds. The van der Waals surface area contributed by atoms with Gasteiger partial charge in [0.15, 0.2) is 5.78 Å². The number of nitrogens with zero attached hydrogens (tertiary/aromatic N) is 3. The van der Waals surface area contributed by atoms with Crippen molar-refractivity contribution in [1.29, 1.82) is 0 Å². The first-order valence-electron chi connectivity index (χ1n) is 9.47. The van der Waals surface area contributed by atoms with Crippen LogP contribution in [0.4, 0.5) is 14.7 Å². The molecule has 2 aliphatic rings. The summed E-state index contributed by atoms with van der Waals surface area (Å²) in [6.45, 7) is 1.74. The molecular formula is C22H18F2N4O. The first-order valence-corrected chi connectivity index (χ1v) is 9.47. The summed E-state index contributed by atoms with van der Waals surface area (Å²) < 4.78 is 29.5. The minimum atomic E-state index is -0.711. The van der Waals surface area contributed by atoms with E-state index in [9.17, 15) is 13.6 Å². The van der Waals surface area contributed by atoms with Crippen molar-refractivity contribution >= 4 is 11.7 Å². The highest BCUT2D eigenvalue weighted by Gasteiger charge is 2.39. The SMILES string of the molecule is Cc1nc2n(n1)C(c1cc(F)cc(F)c1)C1=C(CC(c3ccccc3)CC1=O)N2. The molecule has 0 radical (unpaired) electrons. The van der Waals surface area contributed by atoms with Gasteiger partial charge in [-0.05, 0) is 42.5 Å². The van der Waals surface area contributed by atoms with Crippen LogP contribution in [0.2, 0.25) is 0 Å². The molecule has 0 fully saturated rings. The summed E-state index contributed by atoms with van der Waals surface area (Å²) in [6, 6.07) is 12.5. The van der Waals surface area contributed by atoms with Crippen molar-refractivity contribution in [2.75, 3.05) is 5.32 Å². The molecule has 5 nitrogen and oxygen atoms in total. The Morgan fingerprint density at radius 2 is 1.76 bits per heavy atom. The summed E-state index contributed by atoms with van der Waals surface area (Å²) in [7, 11) is 0. The largest absolute Gasteiger partial charge is 0.328 e. The van der Waals surface area contributed by atoms with E-state index in [1.165, 1.54) is 12.1 Å². The molecule has 0 spiro atoms. The van der Waals surface area contributed by atoms with E-state index in [1.807, 2.05) is 30.3 Å². The molecule has 2 heterocycles. The van der Waals surface area contributed by atoms with Crippen LogP contribution in [-0.4, -0.2) is 20.5 Å². The number of benzene rings is 2. The fourth-order valence-electron chi connectivity index (χ4n) is 4.32. The number of anilines is 1. The van der Waals surface area contributed by atoms with E-state index in [4.69, 9.17) is 0 Å². The fourth-order valence-corrected chi connectivity index (χ4v) is 4.32. The second-order valence-electron chi connectivity index (χ2n) is 7.49. The standard InChI is InChI=1S/C22H18F2N4O/c1-12-25-22-26-18-9-14(13-5-3-2-4-6-13)10-19(29)20(18)21(28(22)27-12)15-7-16(23)11-17(24)8-15/h2-8,11,14,21H,9-10H2,1H3,(H,25,26,27). The Hall–Kier alpha value is -3.35. The van der Waals surface area contributed by atoms with Gasteiger partial charge in [0.1, 0.15) is 23.5 Å². The molecule has 2 aromatic carbocycles. The van der Waals surface area contributed by atoms with Crippen LogP contribution in [0.25, 0.3) is 0 Å². The van der Waals surface area contributed by atoms with Crippen molar-refractivity contribution in [3.05, 3.63) is 88.4 Å². The third-order valence-electron chi connectivity index (χ3n) is 5.50. The highest BCUT2D eigenvalue weighted by molar-refractivity contribution is 6.00. The number of rotatable bonds is 2. The van der Waals surface area contributed by atoms with Gasteiger partial charge in [0.2, 0.25) is 5.95 Å². The maximum atomic E-state index is 14.0. The van der Waals surface area contributed by atoms with E-state index in [0.717, 1.165) is 17.3 Å². The first-order chi connectivity index (χ1) is 14.0. The van der Waals surface area contributed by atoms with Crippen LogP contribution in [0, 0.1) is 18.6 Å². The minimum Gasteiger partial charge on any atom is -0.328 e. The van der Waals surface area contributed by atoms with Crippen LogP contribution < -0.4 is 5.32 Å². The molecule has 0 saturated heterocycles. The van der Waals surface area contributed by atoms with Crippen molar-refractivity contribution in [1.82, 2.24) is 14.8 Å². The predicted molar refractivity (Wildman–Crippen MR) is 103 cm³/mol. The Morgan fingerprint density at radius 1 is 1.03 bits per heavy atom. The van der Waals surface area contributed by atoms with Crippen molar-refractivity contribution in [3.8, 4) is 0 Å². The van der Waals surface area contributed by atoms with Crippen LogP contribution in [0.1, 0.15) is 41.8 Å². The summed E-state index contributed by atoms with van der Waals surface area (Å²) in [5.74, 6) is -0.413. The number of carbonyl (C=O) groups is 1. The summed E-state index contributed by atoms with van der Waals surface area (Å²) in [4.78, 5) is 17.6. The van der Waals surface area contributed by atoms with E-state index in [-0.39, 0.29) is 11.7 Å². The monoisotopic (exact) mass is 392 g/mol. The average Bonchev–Trinajstić information content (AvgIpc) is 3.05. The summed E-state index contributed by atoms with van der Waals surface area (Å²) in [5.41, 5.74) is 2.67. The van der Waals surface area contributed by atoms with Crippen LogP contribution in [0.3, 0.4) is 0 Å². The molecule has 2 unspecified atom stereocenters. The van der Waals surface area contributed by atoms with Gasteiger partial charge < -0.3 is 5.32 Å². The molecule has 2 atom stereocenters. The van der Waals surface area contributed by atoms with Crippen molar-refractivity contribution in [2.45, 2.75) is 31.7 Å². The predicted octanol–water partition coefficient (Wildman–Crippen LogP) is 4.28. The Labute approximate surface area is 166 Å². The van der Waals surface area contributed by atoms with Crippen molar-refractivity contribution in [2.24, 2.45) is 0 Å². The topological polar surface area (TPSA) is 59.8 Å². The number of nitrogens with one attached hydrogen (secondary N) is 1. The molecular weight excluding hydrogens is 374 g/mol. The zero-order valence-electron chi connectivity index (χ0n) is 15.7. The Balaban J connectivity index is 1.65. The van der Waals surface area contributed by atoms with E-state index < -0.39 is 17.7 Å². The number of carbonyl (C=O) groups excluding carboxylic acids is 1. The molecule has 0 saturated carbocycles. The number of allylic oxidation sites excluding steroid dienone is 2. The molecule has 5 rings (SSSR count). The Bertz CT molecular complexity index is 1130. The lowest BCUT2D eigenvalue weighted by atomic mass is 9.78. The first kappa shape index (κ1) is 17.7. The fraction of sp³-hybridized carbons (Fsp3) is 0.227. The van der Waals surface area contributed by atoms with Gasteiger partial charge in [-0.15, -0.1) is 0 Å². The third kappa shape index (κ3) is 3.03. The van der Waals surface area contributed by atoms with Crippen molar-refractivity contribution in [3.63, 3.8) is 0 Å². The van der Waals surface area contributed by atoms with E-state index in [0.29, 0.717) is 35.8 Å². The minimum absolute atomic E-state index is 0.0374. The van der Waals surface area contributed by atoms with Gasteiger partial charge in [0.25, 0.3) is 0 Å².